The second-order valence-corrected chi connectivity index (χ2v) is 4.35. The predicted molar refractivity (Wildman–Crippen MR) is 46.1 cm³/mol. The first-order chi connectivity index (χ1) is 5.58. The number of carbonyl (C=O) groups excluding carboxylic acids is 1. The summed E-state index contributed by atoms with van der Waals surface area (Å²) in [6.45, 7) is 5.01. The van der Waals surface area contributed by atoms with Gasteiger partial charge in [-0.05, 0) is 6.42 Å². The van der Waals surface area contributed by atoms with E-state index in [1.165, 1.54) is 7.11 Å². The molecule has 0 N–H and O–H groups in total. The number of hydrogen-bond donors (Lipinski definition) is 0. The lowest BCUT2D eigenvalue weighted by Gasteiger charge is -2.13. The maximum absolute atomic E-state index is 11.4. The monoisotopic (exact) mass is 192 g/mol. The Morgan fingerprint density at radius 1 is 1.67 bits per heavy atom. The summed E-state index contributed by atoms with van der Waals surface area (Å²) in [5, 5.41) is 0. The zero-order valence-corrected chi connectivity index (χ0v) is 8.17. The highest BCUT2D eigenvalue weighted by atomic mass is 31.2. The maximum Gasteiger partial charge on any atom is 0.381 e. The molecule has 5 heteroatoms. The van der Waals surface area contributed by atoms with Gasteiger partial charge in [-0.2, -0.15) is 0 Å². The van der Waals surface area contributed by atoms with Gasteiger partial charge in [-0.1, -0.05) is 13.5 Å². The lowest BCUT2D eigenvalue weighted by Crippen LogP contribution is -2.02. The largest absolute Gasteiger partial charge is 0.388 e. The van der Waals surface area contributed by atoms with Crippen LogP contribution < -0.4 is 0 Å². The van der Waals surface area contributed by atoms with Gasteiger partial charge >= 0.3 is 13.6 Å². The van der Waals surface area contributed by atoms with Crippen LogP contribution >= 0.6 is 7.60 Å². The van der Waals surface area contributed by atoms with Gasteiger partial charge in [-0.3, -0.25) is 0 Å². The Morgan fingerprint density at radius 3 is 2.58 bits per heavy atom. The van der Waals surface area contributed by atoms with E-state index in [0.717, 1.165) is 6.08 Å². The van der Waals surface area contributed by atoms with E-state index >= 15 is 0 Å². The minimum absolute atomic E-state index is 0.239. The van der Waals surface area contributed by atoms with Crippen LogP contribution in [-0.4, -0.2) is 19.2 Å². The molecule has 0 fully saturated rings. The normalized spacial score (nSPS) is 14.8. The van der Waals surface area contributed by atoms with Crippen molar-refractivity contribution in [2.24, 2.45) is 0 Å². The molecule has 70 valence electrons. The molecule has 12 heavy (non-hydrogen) atoms. The average molecular weight is 192 g/mol. The molecule has 0 aromatic carbocycles. The van der Waals surface area contributed by atoms with E-state index in [1.54, 1.807) is 0 Å². The average Bonchev–Trinajstić information content (AvgIpc) is 2.05. The zero-order chi connectivity index (χ0) is 9.61. The van der Waals surface area contributed by atoms with Gasteiger partial charge in [0.05, 0.1) is 6.16 Å². The molecule has 0 saturated carbocycles. The molecule has 1 atom stereocenters. The molecular formula is C7H13O4P. The second-order valence-electron chi connectivity index (χ2n) is 2.13. The van der Waals surface area contributed by atoms with Crippen molar-refractivity contribution in [3.05, 3.63) is 12.7 Å². The third kappa shape index (κ3) is 3.69. The maximum atomic E-state index is 11.4. The minimum Gasteiger partial charge on any atom is -0.388 e. The van der Waals surface area contributed by atoms with Crippen LogP contribution in [0.1, 0.15) is 13.3 Å². The Labute approximate surface area is 72.1 Å². The summed E-state index contributed by atoms with van der Waals surface area (Å²) in [7, 11) is -1.94. The van der Waals surface area contributed by atoms with Crippen LogP contribution in [0.3, 0.4) is 0 Å². The molecule has 1 unspecified atom stereocenters. The molecule has 0 radical (unpaired) electrons. The standard InChI is InChI=1S/C7H13O4P/c1-4-6-12(9,10-3)11-7(8)5-2/h5H,2,4,6H2,1,3H3. The van der Waals surface area contributed by atoms with E-state index < -0.39 is 13.6 Å². The molecule has 0 aliphatic heterocycles. The molecule has 0 spiro atoms. The molecule has 0 saturated heterocycles. The third-order valence-electron chi connectivity index (χ3n) is 1.17. The van der Waals surface area contributed by atoms with Crippen molar-refractivity contribution in [3.63, 3.8) is 0 Å². The predicted octanol–water partition coefficient (Wildman–Crippen LogP) is 1.97. The lowest BCUT2D eigenvalue weighted by molar-refractivity contribution is -0.129. The van der Waals surface area contributed by atoms with Crippen LogP contribution in [0.4, 0.5) is 0 Å². The fraction of sp³-hybridized carbons (Fsp3) is 0.571. The molecule has 0 bridgehead atoms. The lowest BCUT2D eigenvalue weighted by atomic mass is 10.6. The quantitative estimate of drug-likeness (QED) is 0.493. The molecule has 0 heterocycles. The molecular weight excluding hydrogens is 179 g/mol. The Bertz CT molecular complexity index is 211. The van der Waals surface area contributed by atoms with Crippen LogP contribution in [-0.2, 0) is 18.4 Å². The van der Waals surface area contributed by atoms with Gasteiger partial charge in [0.1, 0.15) is 0 Å². The summed E-state index contributed by atoms with van der Waals surface area (Å²) >= 11 is 0. The zero-order valence-electron chi connectivity index (χ0n) is 7.28. The van der Waals surface area contributed by atoms with Crippen molar-refractivity contribution < 1.29 is 18.4 Å². The van der Waals surface area contributed by atoms with E-state index in [-0.39, 0.29) is 6.16 Å². The number of hydrogen-bond acceptors (Lipinski definition) is 4. The summed E-state index contributed by atoms with van der Waals surface area (Å²) < 4.78 is 20.6. The Hall–Kier alpha value is -0.600. The first-order valence-corrected chi connectivity index (χ1v) is 5.31. The third-order valence-corrected chi connectivity index (χ3v) is 3.18. The highest BCUT2D eigenvalue weighted by Gasteiger charge is 2.24. The van der Waals surface area contributed by atoms with Gasteiger partial charge in [0.2, 0.25) is 0 Å². The summed E-state index contributed by atoms with van der Waals surface area (Å²) in [5.41, 5.74) is 0. The summed E-state index contributed by atoms with van der Waals surface area (Å²) in [5.74, 6) is -0.714. The van der Waals surface area contributed by atoms with Gasteiger partial charge in [-0.15, -0.1) is 0 Å². The highest BCUT2D eigenvalue weighted by Crippen LogP contribution is 2.47. The SMILES string of the molecule is C=CC(=O)OP(=O)(CCC)OC. The molecule has 0 aromatic heterocycles. The van der Waals surface area contributed by atoms with Crippen LogP contribution in [0.2, 0.25) is 0 Å². The summed E-state index contributed by atoms with van der Waals surface area (Å²) in [6.07, 6.45) is 1.83. The van der Waals surface area contributed by atoms with Gasteiger partial charge in [0.15, 0.2) is 0 Å². The van der Waals surface area contributed by atoms with Crippen molar-refractivity contribution in [2.45, 2.75) is 13.3 Å². The van der Waals surface area contributed by atoms with Crippen molar-refractivity contribution in [1.29, 1.82) is 0 Å². The van der Waals surface area contributed by atoms with Crippen molar-refractivity contribution in [3.8, 4) is 0 Å². The fourth-order valence-electron chi connectivity index (χ4n) is 0.622. The smallest absolute Gasteiger partial charge is 0.381 e. The van der Waals surface area contributed by atoms with E-state index in [4.69, 9.17) is 0 Å². The van der Waals surface area contributed by atoms with Crippen LogP contribution in [0.25, 0.3) is 0 Å². The molecule has 0 amide bonds. The van der Waals surface area contributed by atoms with Crippen molar-refractivity contribution >= 4 is 13.6 Å². The van der Waals surface area contributed by atoms with Crippen LogP contribution in [0, 0.1) is 0 Å². The molecule has 0 aliphatic rings. The van der Waals surface area contributed by atoms with Gasteiger partial charge in [0.25, 0.3) is 0 Å². The van der Waals surface area contributed by atoms with E-state index in [1.807, 2.05) is 6.92 Å². The number of carbonyl (C=O) groups is 1. The van der Waals surface area contributed by atoms with Crippen molar-refractivity contribution in [1.82, 2.24) is 0 Å². The molecule has 4 nitrogen and oxygen atoms in total. The Balaban J connectivity index is 4.23. The topological polar surface area (TPSA) is 52.6 Å². The van der Waals surface area contributed by atoms with E-state index in [0.29, 0.717) is 6.42 Å². The Kier molecular flexibility index (Phi) is 4.86. The fourth-order valence-corrected chi connectivity index (χ4v) is 1.87. The van der Waals surface area contributed by atoms with Gasteiger partial charge < -0.3 is 9.05 Å². The molecule has 0 aromatic rings. The minimum atomic E-state index is -3.19. The first kappa shape index (κ1) is 11.4. The van der Waals surface area contributed by atoms with Crippen LogP contribution in [0.5, 0.6) is 0 Å². The van der Waals surface area contributed by atoms with Crippen molar-refractivity contribution in [2.75, 3.05) is 13.3 Å². The molecule has 0 rings (SSSR count). The summed E-state index contributed by atoms with van der Waals surface area (Å²) in [4.78, 5) is 10.7. The molecule has 0 aliphatic carbocycles. The van der Waals surface area contributed by atoms with Gasteiger partial charge in [0, 0.05) is 13.2 Å². The Morgan fingerprint density at radius 2 is 2.25 bits per heavy atom. The first-order valence-electron chi connectivity index (χ1n) is 3.58. The second kappa shape index (κ2) is 5.12. The van der Waals surface area contributed by atoms with E-state index in [9.17, 15) is 9.36 Å². The van der Waals surface area contributed by atoms with E-state index in [2.05, 4.69) is 15.6 Å². The number of rotatable bonds is 5. The van der Waals surface area contributed by atoms with Crippen LogP contribution in [0.15, 0.2) is 12.7 Å². The summed E-state index contributed by atoms with van der Waals surface area (Å²) in [6, 6.07) is 0. The van der Waals surface area contributed by atoms with Gasteiger partial charge in [-0.25, -0.2) is 9.36 Å². The highest BCUT2D eigenvalue weighted by molar-refractivity contribution is 7.54.